The molecule has 1 amide bonds. The van der Waals surface area contributed by atoms with Crippen molar-refractivity contribution in [3.8, 4) is 5.75 Å². The van der Waals surface area contributed by atoms with Gasteiger partial charge in [0.05, 0.1) is 0 Å². The molecule has 0 bridgehead atoms. The number of hydrogen-bond acceptors (Lipinski definition) is 3. The van der Waals surface area contributed by atoms with E-state index in [2.05, 4.69) is 21.2 Å². The van der Waals surface area contributed by atoms with Crippen molar-refractivity contribution >= 4 is 34.2 Å². The monoisotopic (exact) mass is 360 g/mol. The second-order valence-electron chi connectivity index (χ2n) is 5.22. The van der Waals surface area contributed by atoms with Gasteiger partial charge in [-0.25, -0.2) is 0 Å². The Bertz CT molecular complexity index is 457. The topological polar surface area (TPSA) is 41.6 Å². The van der Waals surface area contributed by atoms with Gasteiger partial charge < -0.3 is 15.0 Å². The van der Waals surface area contributed by atoms with Crippen LogP contribution in [-0.4, -0.2) is 43.6 Å². The fourth-order valence-corrected chi connectivity index (χ4v) is 3.09. The zero-order valence-electron chi connectivity index (χ0n) is 11.0. The number of nitrogens with zero attached hydrogens (tertiary/aromatic N) is 1. The predicted molar refractivity (Wildman–Crippen MR) is 83.3 cm³/mol. The Hall–Kier alpha value is -0.780. The molecule has 0 aliphatic carbocycles. The van der Waals surface area contributed by atoms with Gasteiger partial charge in [0.25, 0.3) is 5.91 Å². The summed E-state index contributed by atoms with van der Waals surface area (Å²) in [6, 6.07) is 7.54. The molecule has 0 spiro atoms. The summed E-state index contributed by atoms with van der Waals surface area (Å²) < 4.78 is 6.54. The molecule has 1 N–H and O–H groups in total. The van der Waals surface area contributed by atoms with Crippen molar-refractivity contribution in [3.63, 3.8) is 0 Å². The van der Waals surface area contributed by atoms with Crippen molar-refractivity contribution in [2.75, 3.05) is 32.8 Å². The van der Waals surface area contributed by atoms with E-state index >= 15 is 0 Å². The first kappa shape index (κ1) is 15.6. The van der Waals surface area contributed by atoms with Crippen LogP contribution in [-0.2, 0) is 4.79 Å². The first-order valence-electron chi connectivity index (χ1n) is 6.59. The number of halogens is 2. The average Bonchev–Trinajstić information content (AvgIpc) is 2.98. The minimum atomic E-state index is 0. The predicted octanol–water partition coefficient (Wildman–Crippen LogP) is 1.93. The van der Waals surface area contributed by atoms with Gasteiger partial charge in [0.2, 0.25) is 0 Å². The fraction of sp³-hybridized carbons (Fsp3) is 0.500. The lowest BCUT2D eigenvalue weighted by Crippen LogP contribution is -2.35. The Morgan fingerprint density at radius 1 is 1.25 bits per heavy atom. The number of likely N-dealkylation sites (tertiary alicyclic amines) is 1. The first-order chi connectivity index (χ1) is 9.22. The van der Waals surface area contributed by atoms with Crippen LogP contribution in [0.5, 0.6) is 5.75 Å². The summed E-state index contributed by atoms with van der Waals surface area (Å²) in [6.07, 6.45) is 0. The molecule has 0 saturated carbocycles. The SMILES string of the molecule is Cl.O=C(COc1ccc(Br)cc1)N1C[C@H]2CNC[C@H]2C1. The third kappa shape index (κ3) is 3.45. The van der Waals surface area contributed by atoms with E-state index < -0.39 is 0 Å². The van der Waals surface area contributed by atoms with Gasteiger partial charge in [0.1, 0.15) is 5.75 Å². The average molecular weight is 362 g/mol. The normalized spacial score (nSPS) is 24.1. The van der Waals surface area contributed by atoms with Crippen molar-refractivity contribution in [1.29, 1.82) is 0 Å². The maximum atomic E-state index is 12.1. The summed E-state index contributed by atoms with van der Waals surface area (Å²) >= 11 is 3.37. The minimum absolute atomic E-state index is 0. The van der Waals surface area contributed by atoms with Gasteiger partial charge in [-0.05, 0) is 36.1 Å². The summed E-state index contributed by atoms with van der Waals surface area (Å²) in [5.41, 5.74) is 0. The molecule has 20 heavy (non-hydrogen) atoms. The summed E-state index contributed by atoms with van der Waals surface area (Å²) in [6.45, 7) is 3.97. The highest BCUT2D eigenvalue weighted by Crippen LogP contribution is 2.26. The van der Waals surface area contributed by atoms with E-state index in [0.29, 0.717) is 11.8 Å². The van der Waals surface area contributed by atoms with Gasteiger partial charge in [-0.15, -0.1) is 12.4 Å². The molecule has 0 radical (unpaired) electrons. The Morgan fingerprint density at radius 2 is 1.85 bits per heavy atom. The Labute approximate surface area is 133 Å². The molecule has 2 aliphatic heterocycles. The van der Waals surface area contributed by atoms with E-state index in [4.69, 9.17) is 4.74 Å². The number of benzene rings is 1. The number of amides is 1. The summed E-state index contributed by atoms with van der Waals surface area (Å²) in [4.78, 5) is 14.0. The molecule has 4 nitrogen and oxygen atoms in total. The Kier molecular flexibility index (Phi) is 5.29. The molecule has 2 saturated heterocycles. The number of hydrogen-bond donors (Lipinski definition) is 1. The smallest absolute Gasteiger partial charge is 0.260 e. The van der Waals surface area contributed by atoms with Crippen LogP contribution in [0.25, 0.3) is 0 Å². The van der Waals surface area contributed by atoms with Gasteiger partial charge >= 0.3 is 0 Å². The molecule has 2 aliphatic rings. The van der Waals surface area contributed by atoms with E-state index in [9.17, 15) is 4.79 Å². The lowest BCUT2D eigenvalue weighted by atomic mass is 10.0. The van der Waals surface area contributed by atoms with Crippen molar-refractivity contribution in [2.24, 2.45) is 11.8 Å². The zero-order valence-corrected chi connectivity index (χ0v) is 13.5. The van der Waals surface area contributed by atoms with Gasteiger partial charge in [-0.2, -0.15) is 0 Å². The second kappa shape index (κ2) is 6.78. The standard InChI is InChI=1S/C14H17BrN2O2.ClH/c15-12-1-3-13(4-2-12)19-9-14(18)17-7-10-5-16-6-11(10)8-17;/h1-4,10-11,16H,5-9H2;1H/t10-,11+;. The quantitative estimate of drug-likeness (QED) is 0.894. The van der Waals surface area contributed by atoms with Crippen LogP contribution in [0.4, 0.5) is 0 Å². The van der Waals surface area contributed by atoms with E-state index in [1.807, 2.05) is 29.2 Å². The van der Waals surface area contributed by atoms with Crippen molar-refractivity contribution in [1.82, 2.24) is 10.2 Å². The van der Waals surface area contributed by atoms with Crippen LogP contribution in [0, 0.1) is 11.8 Å². The van der Waals surface area contributed by atoms with E-state index in [0.717, 1.165) is 36.4 Å². The minimum Gasteiger partial charge on any atom is -0.484 e. The third-order valence-electron chi connectivity index (χ3n) is 3.92. The van der Waals surface area contributed by atoms with Crippen LogP contribution < -0.4 is 10.1 Å². The summed E-state index contributed by atoms with van der Waals surface area (Å²) in [5.74, 6) is 2.10. The number of ether oxygens (including phenoxy) is 1. The number of nitrogens with one attached hydrogen (secondary N) is 1. The molecule has 1 aromatic carbocycles. The zero-order chi connectivity index (χ0) is 13.2. The highest BCUT2D eigenvalue weighted by Gasteiger charge is 2.37. The molecule has 0 aromatic heterocycles. The largest absolute Gasteiger partial charge is 0.484 e. The van der Waals surface area contributed by atoms with Gasteiger partial charge in [0, 0.05) is 30.7 Å². The van der Waals surface area contributed by atoms with Crippen LogP contribution in [0.2, 0.25) is 0 Å². The number of fused-ring (bicyclic) bond motifs is 1. The molecular weight excluding hydrogens is 344 g/mol. The third-order valence-corrected chi connectivity index (χ3v) is 4.45. The van der Waals surface area contributed by atoms with Gasteiger partial charge in [-0.1, -0.05) is 15.9 Å². The number of carbonyl (C=O) groups excluding carboxylic acids is 1. The van der Waals surface area contributed by atoms with Crippen LogP contribution in [0.1, 0.15) is 0 Å². The molecule has 0 unspecified atom stereocenters. The van der Waals surface area contributed by atoms with Crippen LogP contribution >= 0.6 is 28.3 Å². The maximum absolute atomic E-state index is 12.1. The Morgan fingerprint density at radius 3 is 2.45 bits per heavy atom. The molecule has 2 heterocycles. The van der Waals surface area contributed by atoms with E-state index in [1.54, 1.807) is 0 Å². The van der Waals surface area contributed by atoms with E-state index in [1.165, 1.54) is 0 Å². The molecule has 1 aromatic rings. The van der Waals surface area contributed by atoms with Crippen molar-refractivity contribution < 1.29 is 9.53 Å². The summed E-state index contributed by atoms with van der Waals surface area (Å²) in [5, 5.41) is 3.37. The van der Waals surface area contributed by atoms with Gasteiger partial charge in [-0.3, -0.25) is 4.79 Å². The fourth-order valence-electron chi connectivity index (χ4n) is 2.83. The molecule has 2 atom stereocenters. The van der Waals surface area contributed by atoms with Crippen molar-refractivity contribution in [2.45, 2.75) is 0 Å². The lowest BCUT2D eigenvalue weighted by Gasteiger charge is -2.17. The number of carbonyl (C=O) groups is 1. The summed E-state index contributed by atoms with van der Waals surface area (Å²) in [7, 11) is 0. The molecule has 3 rings (SSSR count). The molecule has 110 valence electrons. The van der Waals surface area contributed by atoms with Crippen LogP contribution in [0.3, 0.4) is 0 Å². The van der Waals surface area contributed by atoms with Crippen LogP contribution in [0.15, 0.2) is 28.7 Å². The molecule has 6 heteroatoms. The highest BCUT2D eigenvalue weighted by atomic mass is 79.9. The number of rotatable bonds is 3. The molecule has 2 fully saturated rings. The van der Waals surface area contributed by atoms with Gasteiger partial charge in [0.15, 0.2) is 6.61 Å². The lowest BCUT2D eigenvalue weighted by molar-refractivity contribution is -0.132. The first-order valence-corrected chi connectivity index (χ1v) is 7.38. The van der Waals surface area contributed by atoms with Crippen molar-refractivity contribution in [3.05, 3.63) is 28.7 Å². The Balaban J connectivity index is 0.00000147. The second-order valence-corrected chi connectivity index (χ2v) is 6.14. The molecular formula is C14H18BrClN2O2. The van der Waals surface area contributed by atoms with E-state index in [-0.39, 0.29) is 24.9 Å². The maximum Gasteiger partial charge on any atom is 0.260 e. The highest BCUT2D eigenvalue weighted by molar-refractivity contribution is 9.10.